The first-order chi connectivity index (χ1) is 9.20. The van der Waals surface area contributed by atoms with Crippen LogP contribution in [-0.4, -0.2) is 13.0 Å². The number of aryl methyl sites for hydroxylation is 1. The van der Waals surface area contributed by atoms with Gasteiger partial charge in [0.05, 0.1) is 0 Å². The van der Waals surface area contributed by atoms with Crippen molar-refractivity contribution in [3.63, 3.8) is 0 Å². The molecule has 19 heavy (non-hydrogen) atoms. The highest BCUT2D eigenvalue weighted by atomic mass is 32.1. The van der Waals surface area contributed by atoms with Gasteiger partial charge < -0.3 is 10.6 Å². The molecule has 0 aliphatic carbocycles. The Balaban J connectivity index is 1.86. The van der Waals surface area contributed by atoms with Gasteiger partial charge >= 0.3 is 0 Å². The zero-order chi connectivity index (χ0) is 13.7. The second kappa shape index (κ2) is 6.50. The Labute approximate surface area is 117 Å². The van der Waals surface area contributed by atoms with E-state index in [-0.39, 0.29) is 5.91 Å². The van der Waals surface area contributed by atoms with E-state index in [1.54, 1.807) is 18.4 Å². The quantitative estimate of drug-likeness (QED) is 0.880. The van der Waals surface area contributed by atoms with Crippen molar-refractivity contribution in [2.45, 2.75) is 20.0 Å². The van der Waals surface area contributed by atoms with Crippen LogP contribution in [0, 0.1) is 6.92 Å². The lowest BCUT2D eigenvalue weighted by Crippen LogP contribution is -2.18. The number of amides is 1. The molecule has 1 amide bonds. The molecule has 0 saturated heterocycles. The van der Waals surface area contributed by atoms with E-state index in [1.165, 1.54) is 16.0 Å². The number of carbonyl (C=O) groups excluding carboxylic acids is 1. The van der Waals surface area contributed by atoms with E-state index >= 15 is 0 Å². The lowest BCUT2D eigenvalue weighted by molar-refractivity contribution is 0.0963. The Morgan fingerprint density at radius 3 is 2.47 bits per heavy atom. The molecule has 0 saturated carbocycles. The largest absolute Gasteiger partial charge is 0.355 e. The Bertz CT molecular complexity index is 546. The number of hydrogen-bond acceptors (Lipinski definition) is 3. The van der Waals surface area contributed by atoms with Gasteiger partial charge in [0.1, 0.15) is 0 Å². The standard InChI is InChI=1S/C15H18N2OS/c1-11-7-8-19-14(11)10-17-9-12-3-5-13(6-4-12)15(18)16-2/h3-8,17H,9-10H2,1-2H3,(H,16,18). The third kappa shape index (κ3) is 3.66. The third-order valence-corrected chi connectivity index (χ3v) is 4.05. The molecular formula is C15H18N2OS. The summed E-state index contributed by atoms with van der Waals surface area (Å²) in [7, 11) is 1.64. The third-order valence-electron chi connectivity index (χ3n) is 3.03. The summed E-state index contributed by atoms with van der Waals surface area (Å²) in [6, 6.07) is 9.82. The first-order valence-corrected chi connectivity index (χ1v) is 7.13. The van der Waals surface area contributed by atoms with Gasteiger partial charge in [0.25, 0.3) is 5.91 Å². The molecule has 0 unspecified atom stereocenters. The Hall–Kier alpha value is -1.65. The number of nitrogens with one attached hydrogen (secondary N) is 2. The molecule has 1 aromatic heterocycles. The van der Waals surface area contributed by atoms with E-state index in [0.29, 0.717) is 5.56 Å². The summed E-state index contributed by atoms with van der Waals surface area (Å²) in [4.78, 5) is 12.8. The van der Waals surface area contributed by atoms with Crippen molar-refractivity contribution in [1.29, 1.82) is 0 Å². The highest BCUT2D eigenvalue weighted by Gasteiger charge is 2.03. The zero-order valence-corrected chi connectivity index (χ0v) is 12.0. The summed E-state index contributed by atoms with van der Waals surface area (Å²) in [5, 5.41) is 8.15. The first-order valence-electron chi connectivity index (χ1n) is 6.25. The number of rotatable bonds is 5. The summed E-state index contributed by atoms with van der Waals surface area (Å²) >= 11 is 1.78. The fraction of sp³-hybridized carbons (Fsp3) is 0.267. The first kappa shape index (κ1) is 13.8. The maximum atomic E-state index is 11.4. The van der Waals surface area contributed by atoms with Crippen LogP contribution in [-0.2, 0) is 13.1 Å². The molecule has 0 fully saturated rings. The molecule has 100 valence electrons. The fourth-order valence-corrected chi connectivity index (χ4v) is 2.70. The van der Waals surface area contributed by atoms with Crippen LogP contribution < -0.4 is 10.6 Å². The SMILES string of the molecule is CNC(=O)c1ccc(CNCc2sccc2C)cc1. The van der Waals surface area contributed by atoms with Crippen LogP contribution in [0.5, 0.6) is 0 Å². The maximum Gasteiger partial charge on any atom is 0.251 e. The number of carbonyl (C=O) groups is 1. The molecule has 0 aliphatic rings. The van der Waals surface area contributed by atoms with Crippen LogP contribution in [0.15, 0.2) is 35.7 Å². The average Bonchev–Trinajstić information content (AvgIpc) is 2.84. The number of benzene rings is 1. The highest BCUT2D eigenvalue weighted by Crippen LogP contribution is 2.15. The second-order valence-corrected chi connectivity index (χ2v) is 5.41. The summed E-state index contributed by atoms with van der Waals surface area (Å²) < 4.78 is 0. The molecule has 0 atom stereocenters. The maximum absolute atomic E-state index is 11.4. The summed E-state index contributed by atoms with van der Waals surface area (Å²) in [6.07, 6.45) is 0. The molecule has 2 N–H and O–H groups in total. The van der Waals surface area contributed by atoms with E-state index in [2.05, 4.69) is 29.0 Å². The lowest BCUT2D eigenvalue weighted by atomic mass is 10.1. The van der Waals surface area contributed by atoms with Gasteiger partial charge in [-0.3, -0.25) is 4.79 Å². The molecule has 4 heteroatoms. The van der Waals surface area contributed by atoms with Crippen LogP contribution in [0.4, 0.5) is 0 Å². The van der Waals surface area contributed by atoms with Gasteiger partial charge in [-0.1, -0.05) is 12.1 Å². The van der Waals surface area contributed by atoms with Crippen molar-refractivity contribution < 1.29 is 4.79 Å². The summed E-state index contributed by atoms with van der Waals surface area (Å²) in [5.41, 5.74) is 3.22. The zero-order valence-electron chi connectivity index (χ0n) is 11.2. The van der Waals surface area contributed by atoms with E-state index in [0.717, 1.165) is 13.1 Å². The molecule has 0 aliphatic heterocycles. The summed E-state index contributed by atoms with van der Waals surface area (Å²) in [5.74, 6) is -0.0475. The van der Waals surface area contributed by atoms with Crippen LogP contribution in [0.2, 0.25) is 0 Å². The monoisotopic (exact) mass is 274 g/mol. The van der Waals surface area contributed by atoms with Gasteiger partial charge in [-0.15, -0.1) is 11.3 Å². The van der Waals surface area contributed by atoms with Crippen molar-refractivity contribution in [2.75, 3.05) is 7.05 Å². The van der Waals surface area contributed by atoms with E-state index < -0.39 is 0 Å². The van der Waals surface area contributed by atoms with Crippen LogP contribution in [0.1, 0.15) is 26.4 Å². The molecular weight excluding hydrogens is 256 g/mol. The van der Waals surface area contributed by atoms with Gasteiger partial charge in [-0.05, 0) is 41.6 Å². The predicted molar refractivity (Wildman–Crippen MR) is 79.4 cm³/mol. The molecule has 1 heterocycles. The average molecular weight is 274 g/mol. The Morgan fingerprint density at radius 1 is 1.16 bits per heavy atom. The smallest absolute Gasteiger partial charge is 0.251 e. The second-order valence-electron chi connectivity index (χ2n) is 4.41. The molecule has 2 rings (SSSR count). The van der Waals surface area contributed by atoms with Gasteiger partial charge in [0.2, 0.25) is 0 Å². The van der Waals surface area contributed by atoms with Gasteiger partial charge in [-0.25, -0.2) is 0 Å². The molecule has 2 aromatic rings. The van der Waals surface area contributed by atoms with E-state index in [9.17, 15) is 4.79 Å². The van der Waals surface area contributed by atoms with Gasteiger partial charge in [0.15, 0.2) is 0 Å². The molecule has 0 radical (unpaired) electrons. The minimum atomic E-state index is -0.0475. The molecule has 3 nitrogen and oxygen atoms in total. The van der Waals surface area contributed by atoms with Crippen LogP contribution >= 0.6 is 11.3 Å². The van der Waals surface area contributed by atoms with Gasteiger partial charge in [0, 0.05) is 30.6 Å². The minimum absolute atomic E-state index is 0.0475. The van der Waals surface area contributed by atoms with E-state index in [4.69, 9.17) is 0 Å². The topological polar surface area (TPSA) is 41.1 Å². The normalized spacial score (nSPS) is 10.4. The van der Waals surface area contributed by atoms with Crippen molar-refractivity contribution in [3.8, 4) is 0 Å². The number of thiophene rings is 1. The highest BCUT2D eigenvalue weighted by molar-refractivity contribution is 7.10. The number of hydrogen-bond donors (Lipinski definition) is 2. The van der Waals surface area contributed by atoms with Crippen molar-refractivity contribution in [2.24, 2.45) is 0 Å². The molecule has 0 bridgehead atoms. The predicted octanol–water partition coefficient (Wildman–Crippen LogP) is 2.71. The van der Waals surface area contributed by atoms with Crippen molar-refractivity contribution in [3.05, 3.63) is 57.3 Å². The van der Waals surface area contributed by atoms with Crippen molar-refractivity contribution in [1.82, 2.24) is 10.6 Å². The molecule has 1 aromatic carbocycles. The lowest BCUT2D eigenvalue weighted by Gasteiger charge is -2.06. The fourth-order valence-electron chi connectivity index (χ4n) is 1.82. The van der Waals surface area contributed by atoms with Gasteiger partial charge in [-0.2, -0.15) is 0 Å². The van der Waals surface area contributed by atoms with Crippen molar-refractivity contribution >= 4 is 17.2 Å². The summed E-state index contributed by atoms with van der Waals surface area (Å²) in [6.45, 7) is 3.83. The Morgan fingerprint density at radius 2 is 1.89 bits per heavy atom. The van der Waals surface area contributed by atoms with Crippen LogP contribution in [0.25, 0.3) is 0 Å². The Kier molecular flexibility index (Phi) is 4.71. The van der Waals surface area contributed by atoms with E-state index in [1.807, 2.05) is 24.3 Å². The minimum Gasteiger partial charge on any atom is -0.355 e. The van der Waals surface area contributed by atoms with Crippen LogP contribution in [0.3, 0.4) is 0 Å². The molecule has 0 spiro atoms.